The number of hydrogen-bond acceptors (Lipinski definition) is 4. The van der Waals surface area contributed by atoms with Gasteiger partial charge in [0.1, 0.15) is 0 Å². The summed E-state index contributed by atoms with van der Waals surface area (Å²) < 4.78 is 18.0. The summed E-state index contributed by atoms with van der Waals surface area (Å²) in [5.74, 6) is 0. The molecule has 3 saturated heterocycles. The van der Waals surface area contributed by atoms with Gasteiger partial charge in [0.05, 0.1) is 0 Å². The Labute approximate surface area is 94.6 Å². The van der Waals surface area contributed by atoms with Crippen LogP contribution in [0.3, 0.4) is 0 Å². The van der Waals surface area contributed by atoms with Crippen molar-refractivity contribution in [2.75, 3.05) is 39.5 Å². The molecule has 15 heavy (non-hydrogen) atoms. The maximum atomic E-state index is 5.92. The van der Waals surface area contributed by atoms with Crippen molar-refractivity contribution in [3.63, 3.8) is 0 Å². The van der Waals surface area contributed by atoms with Gasteiger partial charge in [-0.15, -0.1) is 0 Å². The van der Waals surface area contributed by atoms with Gasteiger partial charge in [-0.05, 0) is 0 Å². The van der Waals surface area contributed by atoms with E-state index in [0.717, 1.165) is 39.5 Å². The molecule has 0 radical (unpaired) electrons. The van der Waals surface area contributed by atoms with Gasteiger partial charge in [-0.2, -0.15) is 0 Å². The topological polar surface area (TPSA) is 30.9 Å². The monoisotopic (exact) mass is 275 g/mol. The van der Waals surface area contributed by atoms with Crippen molar-refractivity contribution in [3.8, 4) is 0 Å². The van der Waals surface area contributed by atoms with E-state index in [1.54, 1.807) is 0 Å². The van der Waals surface area contributed by atoms with E-state index in [1.165, 1.54) is 0 Å². The predicted molar refractivity (Wildman–Crippen MR) is 59.7 cm³/mol. The molecule has 5 heteroatoms. The first-order valence-electron chi connectivity index (χ1n) is 5.53. The van der Waals surface area contributed by atoms with Gasteiger partial charge in [-0.3, -0.25) is 0 Å². The van der Waals surface area contributed by atoms with E-state index in [1.807, 2.05) is 6.08 Å². The fourth-order valence-electron chi connectivity index (χ4n) is 1.95. The molecule has 0 aromatic heterocycles. The Morgan fingerprint density at radius 1 is 1.13 bits per heavy atom. The molecular weight excluding hydrogens is 255 g/mol. The average molecular weight is 274 g/mol. The van der Waals surface area contributed by atoms with Crippen molar-refractivity contribution in [2.45, 2.75) is 11.7 Å². The molecule has 0 aromatic carbocycles. The minimum atomic E-state index is -3.03. The normalized spacial score (nSPS) is 38.9. The van der Waals surface area contributed by atoms with Gasteiger partial charge >= 0.3 is 94.3 Å². The summed E-state index contributed by atoms with van der Waals surface area (Å²) in [6, 6.07) is 0. The van der Waals surface area contributed by atoms with E-state index in [2.05, 4.69) is 18.4 Å². The van der Waals surface area contributed by atoms with Gasteiger partial charge < -0.3 is 0 Å². The van der Waals surface area contributed by atoms with Crippen LogP contribution in [-0.2, 0) is 11.3 Å². The zero-order valence-electron chi connectivity index (χ0n) is 9.28. The summed E-state index contributed by atoms with van der Waals surface area (Å²) in [6.07, 6.45) is 1.90. The number of hydrogen-bond donors (Lipinski definition) is 0. The summed E-state index contributed by atoms with van der Waals surface area (Å²) >= 11 is -3.03. The summed E-state index contributed by atoms with van der Waals surface area (Å²) in [4.78, 5) is 2.32. The molecule has 0 amide bonds. The molecule has 0 aliphatic carbocycles. The fourth-order valence-corrected chi connectivity index (χ4v) is 7.10. The molecule has 3 heterocycles. The molecule has 1 atom stereocenters. The SMILES string of the molecule is C=C[CH](C)[Ge]12[O]CCN(CC[O]1)CC[O]2. The van der Waals surface area contributed by atoms with Crippen LogP contribution in [0.25, 0.3) is 0 Å². The molecule has 86 valence electrons. The molecular formula is C10H19GeNO3. The van der Waals surface area contributed by atoms with Crippen LogP contribution in [0.5, 0.6) is 0 Å². The zero-order chi connectivity index (χ0) is 10.7. The predicted octanol–water partition coefficient (Wildman–Crippen LogP) is 0.880. The molecule has 3 aliphatic rings. The third-order valence-electron chi connectivity index (χ3n) is 3.04. The summed E-state index contributed by atoms with van der Waals surface area (Å²) in [7, 11) is 0. The van der Waals surface area contributed by atoms with Crippen molar-refractivity contribution < 1.29 is 11.3 Å². The second-order valence-electron chi connectivity index (χ2n) is 4.01. The molecule has 4 nitrogen and oxygen atoms in total. The van der Waals surface area contributed by atoms with Crippen molar-refractivity contribution in [3.05, 3.63) is 12.7 Å². The van der Waals surface area contributed by atoms with Gasteiger partial charge in [-0.1, -0.05) is 0 Å². The summed E-state index contributed by atoms with van der Waals surface area (Å²) in [5, 5.41) is 0. The molecule has 3 rings (SSSR count). The third kappa shape index (κ3) is 2.45. The molecule has 2 bridgehead atoms. The molecule has 0 N–H and O–H groups in total. The number of nitrogens with zero attached hydrogens (tertiary/aromatic N) is 1. The van der Waals surface area contributed by atoms with Gasteiger partial charge in [0.2, 0.25) is 0 Å². The van der Waals surface area contributed by atoms with Gasteiger partial charge in [0.25, 0.3) is 0 Å². The number of fused-ring (bicyclic) bond motifs is 6. The standard InChI is InChI=1S/C10H19GeNO3/c1-3-10(2)11-13-7-4-12(5-8-14-11)6-9-15-11/h3,10H,1,4-9H2,2H3. The molecule has 1 unspecified atom stereocenters. The van der Waals surface area contributed by atoms with Crippen molar-refractivity contribution in [1.29, 1.82) is 0 Å². The fraction of sp³-hybridized carbons (Fsp3) is 0.800. The Morgan fingerprint density at radius 3 is 2.00 bits per heavy atom. The Kier molecular flexibility index (Phi) is 3.84. The first-order valence-corrected chi connectivity index (χ1v) is 9.32. The summed E-state index contributed by atoms with van der Waals surface area (Å²) in [5.41, 5.74) is 0. The van der Waals surface area contributed by atoms with E-state index in [4.69, 9.17) is 11.3 Å². The van der Waals surface area contributed by atoms with Crippen LogP contribution in [0.2, 0.25) is 4.75 Å². The van der Waals surface area contributed by atoms with E-state index >= 15 is 0 Å². The van der Waals surface area contributed by atoms with Gasteiger partial charge in [0, 0.05) is 0 Å². The molecule has 0 saturated carbocycles. The van der Waals surface area contributed by atoms with Crippen LogP contribution in [0.1, 0.15) is 6.92 Å². The molecule has 0 aromatic rings. The van der Waals surface area contributed by atoms with Gasteiger partial charge in [0.15, 0.2) is 0 Å². The van der Waals surface area contributed by atoms with Crippen LogP contribution in [-0.4, -0.2) is 58.6 Å². The molecule has 0 spiro atoms. The van der Waals surface area contributed by atoms with E-state index in [9.17, 15) is 0 Å². The first kappa shape index (κ1) is 11.6. The van der Waals surface area contributed by atoms with Crippen LogP contribution < -0.4 is 0 Å². The average Bonchev–Trinajstić information content (AvgIpc) is 2.14. The Balaban J connectivity index is 2.15. The van der Waals surface area contributed by atoms with Crippen LogP contribution in [0, 0.1) is 0 Å². The van der Waals surface area contributed by atoms with Crippen molar-refractivity contribution >= 4 is 14.3 Å². The van der Waals surface area contributed by atoms with Crippen LogP contribution in [0.15, 0.2) is 12.7 Å². The second-order valence-corrected chi connectivity index (χ2v) is 10.3. The van der Waals surface area contributed by atoms with Crippen LogP contribution >= 0.6 is 0 Å². The quantitative estimate of drug-likeness (QED) is 0.552. The van der Waals surface area contributed by atoms with Gasteiger partial charge in [-0.25, -0.2) is 0 Å². The number of rotatable bonds is 2. The van der Waals surface area contributed by atoms with Crippen molar-refractivity contribution in [2.24, 2.45) is 0 Å². The zero-order valence-corrected chi connectivity index (χ0v) is 11.4. The van der Waals surface area contributed by atoms with Crippen molar-refractivity contribution in [1.82, 2.24) is 4.90 Å². The maximum absolute atomic E-state index is 5.92. The van der Waals surface area contributed by atoms with E-state index in [0.29, 0.717) is 0 Å². The Bertz CT molecular complexity index is 210. The second kappa shape index (κ2) is 4.97. The Morgan fingerprint density at radius 2 is 1.60 bits per heavy atom. The Hall–Kier alpha value is 0.123. The first-order chi connectivity index (χ1) is 7.27. The molecule has 3 aliphatic heterocycles. The van der Waals surface area contributed by atoms with Crippen LogP contribution in [0.4, 0.5) is 0 Å². The van der Waals surface area contributed by atoms with E-state index in [-0.39, 0.29) is 4.75 Å². The third-order valence-corrected chi connectivity index (χ3v) is 9.70. The minimum absolute atomic E-state index is 0.231. The summed E-state index contributed by atoms with van der Waals surface area (Å²) in [6.45, 7) is 11.1. The van der Waals surface area contributed by atoms with E-state index < -0.39 is 14.3 Å². The number of allylic oxidation sites excluding steroid dienone is 1. The molecule has 3 fully saturated rings.